The molecule has 0 saturated carbocycles. The van der Waals surface area contributed by atoms with Crippen LogP contribution in [0.3, 0.4) is 0 Å². The third kappa shape index (κ3) is 2.51. The van der Waals surface area contributed by atoms with Gasteiger partial charge in [-0.2, -0.15) is 0 Å². The Labute approximate surface area is 169 Å². The van der Waals surface area contributed by atoms with Crippen molar-refractivity contribution in [2.75, 3.05) is 25.0 Å². The van der Waals surface area contributed by atoms with Crippen LogP contribution in [0.4, 0.5) is 10.1 Å². The first-order chi connectivity index (χ1) is 14.1. The second-order valence-corrected chi connectivity index (χ2v) is 8.56. The van der Waals surface area contributed by atoms with Crippen molar-refractivity contribution < 1.29 is 9.13 Å². The number of hydrogen-bond donors (Lipinski definition) is 1. The van der Waals surface area contributed by atoms with Crippen LogP contribution in [0, 0.1) is 12.7 Å². The standard InChI is InChI=1S/C24H24FN3O/c1-17-4-6-18(7-5-17)24(16-29-24)27-13-10-23(11-14-27)22-3-2-12-28(22)21-15-19(25)8-9-20(21)26-23/h2-9,12,15,26H,10-11,13-14,16H2,1H3. The molecule has 3 aromatic rings. The third-order valence-electron chi connectivity index (χ3n) is 6.88. The number of anilines is 1. The number of rotatable bonds is 2. The lowest BCUT2D eigenvalue weighted by atomic mass is 9.81. The predicted molar refractivity (Wildman–Crippen MR) is 111 cm³/mol. The summed E-state index contributed by atoms with van der Waals surface area (Å²) in [6.45, 7) is 4.77. The second kappa shape index (κ2) is 5.94. The van der Waals surface area contributed by atoms with Crippen molar-refractivity contribution in [2.24, 2.45) is 0 Å². The number of aryl methyl sites for hydroxylation is 1. The molecular weight excluding hydrogens is 365 g/mol. The summed E-state index contributed by atoms with van der Waals surface area (Å²) in [5.41, 5.74) is 5.24. The molecule has 0 amide bonds. The molecule has 0 radical (unpaired) electrons. The van der Waals surface area contributed by atoms with Gasteiger partial charge in [-0.15, -0.1) is 0 Å². The molecule has 4 heterocycles. The zero-order valence-electron chi connectivity index (χ0n) is 16.5. The van der Waals surface area contributed by atoms with E-state index in [1.165, 1.54) is 22.9 Å². The van der Waals surface area contributed by atoms with Crippen LogP contribution >= 0.6 is 0 Å². The van der Waals surface area contributed by atoms with Gasteiger partial charge in [-0.25, -0.2) is 4.39 Å². The first kappa shape index (κ1) is 17.2. The summed E-state index contributed by atoms with van der Waals surface area (Å²) in [5.74, 6) is -0.207. The molecule has 3 aliphatic rings. The highest BCUT2D eigenvalue weighted by atomic mass is 19.1. The maximum absolute atomic E-state index is 13.8. The number of aromatic nitrogens is 1. The molecule has 2 aromatic carbocycles. The number of likely N-dealkylation sites (tertiary alicyclic amines) is 1. The van der Waals surface area contributed by atoms with Crippen LogP contribution in [0.5, 0.6) is 0 Å². The molecule has 2 fully saturated rings. The maximum Gasteiger partial charge on any atom is 0.171 e. The summed E-state index contributed by atoms with van der Waals surface area (Å²) in [6, 6.07) is 17.9. The molecule has 2 saturated heterocycles. The smallest absolute Gasteiger partial charge is 0.171 e. The largest absolute Gasteiger partial charge is 0.372 e. The Balaban J connectivity index is 1.30. The topological polar surface area (TPSA) is 32.7 Å². The quantitative estimate of drug-likeness (QED) is 0.654. The molecule has 1 N–H and O–H groups in total. The number of ether oxygens (including phenoxy) is 1. The van der Waals surface area contributed by atoms with E-state index in [0.717, 1.165) is 43.9 Å². The van der Waals surface area contributed by atoms with E-state index in [9.17, 15) is 4.39 Å². The SMILES string of the molecule is Cc1ccc(C2(N3CCC4(CC3)Nc3ccc(F)cc3-n3cccc34)CO2)cc1. The number of benzene rings is 2. The van der Waals surface area contributed by atoms with E-state index in [1.807, 2.05) is 12.3 Å². The average molecular weight is 389 g/mol. The highest BCUT2D eigenvalue weighted by Crippen LogP contribution is 2.48. The number of piperidine rings is 1. The van der Waals surface area contributed by atoms with Gasteiger partial charge in [0.05, 0.1) is 23.5 Å². The number of nitrogens with zero attached hydrogens (tertiary/aromatic N) is 2. The summed E-state index contributed by atoms with van der Waals surface area (Å²) in [4.78, 5) is 2.48. The van der Waals surface area contributed by atoms with E-state index >= 15 is 0 Å². The van der Waals surface area contributed by atoms with Gasteiger partial charge in [0.15, 0.2) is 5.72 Å². The minimum Gasteiger partial charge on any atom is -0.372 e. The minimum absolute atomic E-state index is 0.131. The van der Waals surface area contributed by atoms with Gasteiger partial charge in [0.25, 0.3) is 0 Å². The number of nitrogens with one attached hydrogen (secondary N) is 1. The molecular formula is C24H24FN3O. The van der Waals surface area contributed by atoms with E-state index in [4.69, 9.17) is 4.74 Å². The normalized spacial score (nSPS) is 24.6. The molecule has 4 nitrogen and oxygen atoms in total. The van der Waals surface area contributed by atoms with E-state index in [1.54, 1.807) is 6.07 Å². The van der Waals surface area contributed by atoms with Gasteiger partial charge in [-0.05, 0) is 50.1 Å². The van der Waals surface area contributed by atoms with Crippen LogP contribution in [0.15, 0.2) is 60.8 Å². The van der Waals surface area contributed by atoms with E-state index in [2.05, 4.69) is 58.1 Å². The van der Waals surface area contributed by atoms with Crippen LogP contribution < -0.4 is 5.32 Å². The van der Waals surface area contributed by atoms with Crippen molar-refractivity contribution >= 4 is 5.69 Å². The molecule has 148 valence electrons. The Hall–Kier alpha value is -2.63. The highest BCUT2D eigenvalue weighted by Gasteiger charge is 2.54. The zero-order valence-corrected chi connectivity index (χ0v) is 16.5. The summed E-state index contributed by atoms with van der Waals surface area (Å²) >= 11 is 0. The summed E-state index contributed by atoms with van der Waals surface area (Å²) < 4.78 is 22.0. The van der Waals surface area contributed by atoms with Gasteiger partial charge in [0.2, 0.25) is 0 Å². The third-order valence-corrected chi connectivity index (χ3v) is 6.88. The molecule has 1 unspecified atom stereocenters. The van der Waals surface area contributed by atoms with Gasteiger partial charge < -0.3 is 14.6 Å². The Morgan fingerprint density at radius 3 is 2.52 bits per heavy atom. The first-order valence-corrected chi connectivity index (χ1v) is 10.3. The molecule has 3 aliphatic heterocycles. The minimum atomic E-state index is -0.257. The van der Waals surface area contributed by atoms with Crippen LogP contribution in [-0.4, -0.2) is 29.2 Å². The Morgan fingerprint density at radius 2 is 1.79 bits per heavy atom. The van der Waals surface area contributed by atoms with Crippen molar-refractivity contribution in [2.45, 2.75) is 31.0 Å². The van der Waals surface area contributed by atoms with Crippen molar-refractivity contribution in [1.29, 1.82) is 0 Å². The predicted octanol–water partition coefficient (Wildman–Crippen LogP) is 4.52. The summed E-state index contributed by atoms with van der Waals surface area (Å²) in [5, 5.41) is 3.77. The Bertz CT molecular complexity index is 1080. The van der Waals surface area contributed by atoms with Gasteiger partial charge in [0, 0.05) is 30.5 Å². The van der Waals surface area contributed by atoms with E-state index < -0.39 is 0 Å². The number of fused-ring (bicyclic) bond motifs is 4. The average Bonchev–Trinajstić information content (AvgIpc) is 3.37. The van der Waals surface area contributed by atoms with Gasteiger partial charge in [-0.1, -0.05) is 29.8 Å². The van der Waals surface area contributed by atoms with Crippen LogP contribution in [0.1, 0.15) is 29.7 Å². The van der Waals surface area contributed by atoms with Crippen molar-refractivity contribution in [3.63, 3.8) is 0 Å². The number of halogens is 1. The number of hydrogen-bond acceptors (Lipinski definition) is 3. The molecule has 0 bridgehead atoms. The maximum atomic E-state index is 13.8. The number of epoxide rings is 1. The lowest BCUT2D eigenvalue weighted by Gasteiger charge is -2.47. The molecule has 1 aromatic heterocycles. The Morgan fingerprint density at radius 1 is 1.03 bits per heavy atom. The fourth-order valence-corrected chi connectivity index (χ4v) is 5.16. The van der Waals surface area contributed by atoms with Crippen LogP contribution in [0.2, 0.25) is 0 Å². The molecule has 29 heavy (non-hydrogen) atoms. The molecule has 0 aliphatic carbocycles. The lowest BCUT2D eigenvalue weighted by Crippen LogP contribution is -2.52. The Kier molecular flexibility index (Phi) is 3.53. The van der Waals surface area contributed by atoms with E-state index in [0.29, 0.717) is 0 Å². The second-order valence-electron chi connectivity index (χ2n) is 8.56. The lowest BCUT2D eigenvalue weighted by molar-refractivity contribution is 0.0369. The van der Waals surface area contributed by atoms with Crippen LogP contribution in [0.25, 0.3) is 5.69 Å². The molecule has 5 heteroatoms. The van der Waals surface area contributed by atoms with Crippen molar-refractivity contribution in [1.82, 2.24) is 9.47 Å². The fourth-order valence-electron chi connectivity index (χ4n) is 5.16. The van der Waals surface area contributed by atoms with Crippen molar-refractivity contribution in [3.8, 4) is 5.69 Å². The van der Waals surface area contributed by atoms with Gasteiger partial charge >= 0.3 is 0 Å². The highest BCUT2D eigenvalue weighted by molar-refractivity contribution is 5.67. The fraction of sp³-hybridized carbons (Fsp3) is 0.333. The first-order valence-electron chi connectivity index (χ1n) is 10.3. The summed E-state index contributed by atoms with van der Waals surface area (Å²) in [6.07, 6.45) is 4.00. The molecule has 1 spiro atoms. The molecule has 1 atom stereocenters. The van der Waals surface area contributed by atoms with Gasteiger partial charge in [0.1, 0.15) is 5.82 Å². The zero-order chi connectivity index (χ0) is 19.6. The van der Waals surface area contributed by atoms with E-state index in [-0.39, 0.29) is 17.1 Å². The monoisotopic (exact) mass is 389 g/mol. The van der Waals surface area contributed by atoms with Crippen molar-refractivity contribution in [3.05, 3.63) is 83.4 Å². The summed E-state index contributed by atoms with van der Waals surface area (Å²) in [7, 11) is 0. The molecule has 6 rings (SSSR count). The van der Waals surface area contributed by atoms with Crippen LogP contribution in [-0.2, 0) is 16.0 Å². The van der Waals surface area contributed by atoms with Gasteiger partial charge in [-0.3, -0.25) is 4.90 Å².